The van der Waals surface area contributed by atoms with Crippen molar-refractivity contribution in [2.24, 2.45) is 0 Å². The molecule has 1 fully saturated rings. The highest BCUT2D eigenvalue weighted by atomic mass is 32.1. The third-order valence-electron chi connectivity index (χ3n) is 4.21. The minimum absolute atomic E-state index is 0.621. The van der Waals surface area contributed by atoms with Gasteiger partial charge in [0.2, 0.25) is 5.95 Å². The maximum atomic E-state index is 4.84. The zero-order valence-electron chi connectivity index (χ0n) is 12.9. The van der Waals surface area contributed by atoms with Crippen LogP contribution in [0.25, 0.3) is 10.2 Å². The van der Waals surface area contributed by atoms with E-state index in [0.717, 1.165) is 36.1 Å². The molecule has 0 saturated carbocycles. The molecule has 1 aliphatic rings. The van der Waals surface area contributed by atoms with Crippen LogP contribution in [0.4, 0.5) is 11.8 Å². The van der Waals surface area contributed by atoms with E-state index in [9.17, 15) is 0 Å². The van der Waals surface area contributed by atoms with Gasteiger partial charge in [-0.25, -0.2) is 4.98 Å². The Morgan fingerprint density at radius 1 is 1.33 bits per heavy atom. The molecule has 0 radical (unpaired) electrons. The van der Waals surface area contributed by atoms with Crippen LogP contribution in [0.3, 0.4) is 0 Å². The van der Waals surface area contributed by atoms with Crippen LogP contribution in [0.2, 0.25) is 0 Å². The van der Waals surface area contributed by atoms with Gasteiger partial charge in [0.25, 0.3) is 0 Å². The number of piperidine rings is 1. The van der Waals surface area contributed by atoms with Gasteiger partial charge in [-0.1, -0.05) is 13.8 Å². The zero-order chi connectivity index (χ0) is 14.7. The molecule has 21 heavy (non-hydrogen) atoms. The fraction of sp³-hybridized carbons (Fsp3) is 0.625. The largest absolute Gasteiger partial charge is 0.354 e. The third-order valence-corrected chi connectivity index (χ3v) is 5.02. The van der Waals surface area contributed by atoms with E-state index in [4.69, 9.17) is 4.98 Å². The summed E-state index contributed by atoms with van der Waals surface area (Å²) in [6, 6.07) is 2.79. The predicted molar refractivity (Wildman–Crippen MR) is 91.5 cm³/mol. The van der Waals surface area contributed by atoms with Crippen molar-refractivity contribution in [2.45, 2.75) is 52.0 Å². The molecule has 4 nitrogen and oxygen atoms in total. The van der Waals surface area contributed by atoms with E-state index in [0.29, 0.717) is 6.04 Å². The molecule has 0 aromatic carbocycles. The van der Waals surface area contributed by atoms with E-state index in [1.165, 1.54) is 31.1 Å². The molecule has 0 spiro atoms. The number of aromatic nitrogens is 2. The summed E-state index contributed by atoms with van der Waals surface area (Å²) in [6.45, 7) is 6.49. The maximum absolute atomic E-state index is 4.84. The standard InChI is InChI=1S/C16H24N4S/c1-3-9-17-16-18-14(13-8-11-21-15(13)19-16)20-10-6-5-7-12(20)4-2/h8,11-12H,3-7,9-10H2,1-2H3,(H,17,18,19). The first-order chi connectivity index (χ1) is 10.3. The summed E-state index contributed by atoms with van der Waals surface area (Å²) in [5.41, 5.74) is 0. The van der Waals surface area contributed by atoms with Crippen molar-refractivity contribution in [1.29, 1.82) is 0 Å². The van der Waals surface area contributed by atoms with Gasteiger partial charge in [0.1, 0.15) is 10.6 Å². The Bertz CT molecular complexity index is 595. The second-order valence-electron chi connectivity index (χ2n) is 5.69. The van der Waals surface area contributed by atoms with E-state index >= 15 is 0 Å². The smallest absolute Gasteiger partial charge is 0.226 e. The van der Waals surface area contributed by atoms with Crippen LogP contribution in [0.15, 0.2) is 11.4 Å². The van der Waals surface area contributed by atoms with Gasteiger partial charge < -0.3 is 10.2 Å². The fourth-order valence-electron chi connectivity index (χ4n) is 3.08. The molecule has 1 aliphatic heterocycles. The molecule has 1 unspecified atom stereocenters. The number of nitrogens with zero attached hydrogens (tertiary/aromatic N) is 3. The lowest BCUT2D eigenvalue weighted by Gasteiger charge is -2.36. The Kier molecular flexibility index (Phi) is 4.58. The van der Waals surface area contributed by atoms with Crippen LogP contribution in [0.5, 0.6) is 0 Å². The molecule has 2 aromatic heterocycles. The van der Waals surface area contributed by atoms with E-state index in [1.54, 1.807) is 11.3 Å². The number of rotatable bonds is 5. The van der Waals surface area contributed by atoms with E-state index in [2.05, 4.69) is 40.5 Å². The van der Waals surface area contributed by atoms with Crippen LogP contribution >= 0.6 is 11.3 Å². The molecular formula is C16H24N4S. The second kappa shape index (κ2) is 6.60. The first-order valence-corrected chi connectivity index (χ1v) is 8.97. The number of anilines is 2. The molecular weight excluding hydrogens is 280 g/mol. The molecule has 3 heterocycles. The summed E-state index contributed by atoms with van der Waals surface area (Å²) in [7, 11) is 0. The van der Waals surface area contributed by atoms with Crippen molar-refractivity contribution in [2.75, 3.05) is 23.3 Å². The summed E-state index contributed by atoms with van der Waals surface area (Å²) < 4.78 is 0. The zero-order valence-corrected chi connectivity index (χ0v) is 13.7. The van der Waals surface area contributed by atoms with Crippen molar-refractivity contribution < 1.29 is 0 Å². The van der Waals surface area contributed by atoms with Gasteiger partial charge in [-0.2, -0.15) is 4.98 Å². The van der Waals surface area contributed by atoms with Crippen LogP contribution < -0.4 is 10.2 Å². The number of thiophene rings is 1. The monoisotopic (exact) mass is 304 g/mol. The lowest BCUT2D eigenvalue weighted by molar-refractivity contribution is 0.448. The minimum Gasteiger partial charge on any atom is -0.354 e. The fourth-order valence-corrected chi connectivity index (χ4v) is 3.84. The van der Waals surface area contributed by atoms with Crippen LogP contribution in [-0.4, -0.2) is 29.1 Å². The summed E-state index contributed by atoms with van der Waals surface area (Å²) in [4.78, 5) is 13.1. The van der Waals surface area contributed by atoms with Gasteiger partial charge in [-0.05, 0) is 43.6 Å². The summed E-state index contributed by atoms with van der Waals surface area (Å²) in [5.74, 6) is 1.91. The van der Waals surface area contributed by atoms with Gasteiger partial charge in [0.15, 0.2) is 0 Å². The summed E-state index contributed by atoms with van der Waals surface area (Å²) >= 11 is 1.70. The number of fused-ring (bicyclic) bond motifs is 1. The lowest BCUT2D eigenvalue weighted by Crippen LogP contribution is -2.39. The molecule has 1 saturated heterocycles. The number of nitrogens with one attached hydrogen (secondary N) is 1. The normalized spacial score (nSPS) is 19.1. The SMILES string of the molecule is CCCNc1nc(N2CCCCC2CC)c2ccsc2n1. The Hall–Kier alpha value is -1.36. The molecule has 1 atom stereocenters. The Morgan fingerprint density at radius 3 is 3.05 bits per heavy atom. The maximum Gasteiger partial charge on any atom is 0.226 e. The Morgan fingerprint density at radius 2 is 2.24 bits per heavy atom. The second-order valence-corrected chi connectivity index (χ2v) is 6.58. The predicted octanol–water partition coefficient (Wildman–Crippen LogP) is 4.28. The quantitative estimate of drug-likeness (QED) is 0.895. The molecule has 0 aliphatic carbocycles. The van der Waals surface area contributed by atoms with Crippen molar-refractivity contribution in [3.05, 3.63) is 11.4 Å². The van der Waals surface area contributed by atoms with E-state index < -0.39 is 0 Å². The molecule has 0 amide bonds. The third kappa shape index (κ3) is 2.98. The topological polar surface area (TPSA) is 41.1 Å². The Balaban J connectivity index is 2.00. The van der Waals surface area contributed by atoms with Gasteiger partial charge in [0.05, 0.1) is 5.39 Å². The van der Waals surface area contributed by atoms with Gasteiger partial charge >= 0.3 is 0 Å². The number of hydrogen-bond donors (Lipinski definition) is 1. The highest BCUT2D eigenvalue weighted by molar-refractivity contribution is 7.16. The number of hydrogen-bond acceptors (Lipinski definition) is 5. The summed E-state index contributed by atoms with van der Waals surface area (Å²) in [6.07, 6.45) is 6.16. The molecule has 2 aromatic rings. The van der Waals surface area contributed by atoms with Crippen molar-refractivity contribution >= 4 is 33.3 Å². The first-order valence-electron chi connectivity index (χ1n) is 8.09. The highest BCUT2D eigenvalue weighted by Crippen LogP contribution is 2.33. The molecule has 3 rings (SSSR count). The average Bonchev–Trinajstić information content (AvgIpc) is 3.00. The van der Waals surface area contributed by atoms with Crippen LogP contribution in [-0.2, 0) is 0 Å². The van der Waals surface area contributed by atoms with Crippen LogP contribution in [0.1, 0.15) is 46.0 Å². The van der Waals surface area contributed by atoms with Crippen molar-refractivity contribution in [1.82, 2.24) is 9.97 Å². The summed E-state index contributed by atoms with van der Waals surface area (Å²) in [5, 5.41) is 6.68. The van der Waals surface area contributed by atoms with Gasteiger partial charge in [-0.15, -0.1) is 11.3 Å². The minimum atomic E-state index is 0.621. The molecule has 0 bridgehead atoms. The van der Waals surface area contributed by atoms with E-state index in [-0.39, 0.29) is 0 Å². The first kappa shape index (κ1) is 14.6. The Labute approximate surface area is 130 Å². The average molecular weight is 304 g/mol. The van der Waals surface area contributed by atoms with Crippen LogP contribution in [0, 0.1) is 0 Å². The molecule has 114 valence electrons. The van der Waals surface area contributed by atoms with E-state index in [1.807, 2.05) is 0 Å². The molecule has 1 N–H and O–H groups in total. The van der Waals surface area contributed by atoms with Crippen molar-refractivity contribution in [3.63, 3.8) is 0 Å². The van der Waals surface area contributed by atoms with Crippen molar-refractivity contribution in [3.8, 4) is 0 Å². The van der Waals surface area contributed by atoms with Gasteiger partial charge in [-0.3, -0.25) is 0 Å². The van der Waals surface area contributed by atoms with Gasteiger partial charge in [0, 0.05) is 19.1 Å². The molecule has 5 heteroatoms. The highest BCUT2D eigenvalue weighted by Gasteiger charge is 2.24. The lowest BCUT2D eigenvalue weighted by atomic mass is 10.00.